The molecule has 0 heterocycles. The second kappa shape index (κ2) is 2.99. The average Bonchev–Trinajstić information content (AvgIpc) is 1.91. The zero-order valence-corrected chi connectivity index (χ0v) is 7.56. The van der Waals surface area contributed by atoms with Crippen LogP contribution in [0.1, 0.15) is 38.5 Å². The smallest absolute Gasteiger partial charge is 0.113 e. The summed E-state index contributed by atoms with van der Waals surface area (Å²) in [6, 6.07) is 0. The van der Waals surface area contributed by atoms with Gasteiger partial charge in [0.25, 0.3) is 0 Å². The van der Waals surface area contributed by atoms with Gasteiger partial charge in [-0.05, 0) is 43.4 Å². The maximum atomic E-state index is 12.9. The summed E-state index contributed by atoms with van der Waals surface area (Å²) in [6.07, 6.45) is 6.76. The van der Waals surface area contributed by atoms with Crippen LogP contribution in [-0.4, -0.2) is 12.7 Å². The molecule has 2 aliphatic rings. The number of alkyl halides is 1. The van der Waals surface area contributed by atoms with Gasteiger partial charge < -0.3 is 5.73 Å². The van der Waals surface area contributed by atoms with Crippen molar-refractivity contribution in [3.63, 3.8) is 0 Å². The van der Waals surface area contributed by atoms with Crippen molar-refractivity contribution in [2.24, 2.45) is 17.1 Å². The second-order valence-corrected chi connectivity index (χ2v) is 4.70. The van der Waals surface area contributed by atoms with E-state index in [9.17, 15) is 4.39 Å². The predicted octanol–water partition coefficient (Wildman–Crippen LogP) is 2.25. The van der Waals surface area contributed by atoms with Crippen LogP contribution in [0.15, 0.2) is 0 Å². The van der Waals surface area contributed by atoms with Gasteiger partial charge in [0.05, 0.1) is 0 Å². The highest BCUT2D eigenvalue weighted by Gasteiger charge is 2.48. The molecule has 2 heteroatoms. The van der Waals surface area contributed by atoms with E-state index in [4.69, 9.17) is 5.73 Å². The van der Waals surface area contributed by atoms with Gasteiger partial charge in [0.15, 0.2) is 0 Å². The Balaban J connectivity index is 1.67. The van der Waals surface area contributed by atoms with Gasteiger partial charge in [-0.3, -0.25) is 0 Å². The summed E-state index contributed by atoms with van der Waals surface area (Å²) in [6.45, 7) is 0.212. The second-order valence-electron chi connectivity index (χ2n) is 4.70. The summed E-state index contributed by atoms with van der Waals surface area (Å²) in [5.74, 6) is 0.656. The number of hydrogen-bond donors (Lipinski definition) is 1. The minimum atomic E-state index is -0.743. The molecule has 2 rings (SSSR count). The molecular formula is C10H18FN. The van der Waals surface area contributed by atoms with Crippen LogP contribution in [0.2, 0.25) is 0 Å². The lowest BCUT2D eigenvalue weighted by Crippen LogP contribution is -2.43. The Labute approximate surface area is 73.5 Å². The fourth-order valence-electron chi connectivity index (χ4n) is 2.87. The van der Waals surface area contributed by atoms with E-state index in [0.29, 0.717) is 11.3 Å². The molecule has 0 aromatic heterocycles. The Morgan fingerprint density at radius 3 is 2.50 bits per heavy atom. The molecule has 2 fully saturated rings. The molecule has 0 bridgehead atoms. The van der Waals surface area contributed by atoms with Gasteiger partial charge in [0.2, 0.25) is 0 Å². The van der Waals surface area contributed by atoms with Crippen LogP contribution in [-0.2, 0) is 0 Å². The number of hydrogen-bond acceptors (Lipinski definition) is 1. The lowest BCUT2D eigenvalue weighted by atomic mass is 9.51. The number of halogens is 1. The van der Waals surface area contributed by atoms with Crippen molar-refractivity contribution in [3.05, 3.63) is 0 Å². The molecule has 0 radical (unpaired) electrons. The first-order chi connectivity index (χ1) is 5.74. The first kappa shape index (κ1) is 8.49. The first-order valence-electron chi connectivity index (χ1n) is 5.08. The van der Waals surface area contributed by atoms with Crippen molar-refractivity contribution in [2.45, 2.75) is 44.7 Å². The summed E-state index contributed by atoms with van der Waals surface area (Å²) in [4.78, 5) is 0. The van der Waals surface area contributed by atoms with E-state index < -0.39 is 6.17 Å². The monoisotopic (exact) mass is 171 g/mol. The van der Waals surface area contributed by atoms with Gasteiger partial charge >= 0.3 is 0 Å². The van der Waals surface area contributed by atoms with Gasteiger partial charge in [0.1, 0.15) is 6.17 Å². The Hall–Kier alpha value is -0.110. The summed E-state index contributed by atoms with van der Waals surface area (Å²) in [7, 11) is 0. The van der Waals surface area contributed by atoms with Crippen LogP contribution < -0.4 is 5.73 Å². The van der Waals surface area contributed by atoms with Gasteiger partial charge in [0, 0.05) is 6.54 Å². The molecule has 1 unspecified atom stereocenters. The van der Waals surface area contributed by atoms with Crippen LogP contribution in [0.4, 0.5) is 4.39 Å². The Bertz CT molecular complexity index is 154. The van der Waals surface area contributed by atoms with E-state index in [1.165, 1.54) is 32.1 Å². The van der Waals surface area contributed by atoms with Crippen LogP contribution >= 0.6 is 0 Å². The number of nitrogens with two attached hydrogens (primary N) is 1. The van der Waals surface area contributed by atoms with Crippen molar-refractivity contribution in [1.82, 2.24) is 0 Å². The lowest BCUT2D eigenvalue weighted by Gasteiger charge is -2.54. The standard InChI is InChI=1S/C10H18FN/c11-9(7-12)4-8-5-10(6-8)2-1-3-10/h8-9H,1-7,12H2. The van der Waals surface area contributed by atoms with Crippen LogP contribution in [0, 0.1) is 11.3 Å². The molecule has 2 aliphatic carbocycles. The molecule has 0 aromatic rings. The normalized spacial score (nSPS) is 29.5. The molecule has 12 heavy (non-hydrogen) atoms. The molecule has 0 saturated heterocycles. The minimum absolute atomic E-state index is 0.212. The van der Waals surface area contributed by atoms with E-state index in [1.807, 2.05) is 0 Å². The summed E-state index contributed by atoms with van der Waals surface area (Å²) < 4.78 is 12.9. The highest BCUT2D eigenvalue weighted by molar-refractivity contribution is 4.99. The fourth-order valence-corrected chi connectivity index (χ4v) is 2.87. The average molecular weight is 171 g/mol. The van der Waals surface area contributed by atoms with E-state index in [2.05, 4.69) is 0 Å². The third kappa shape index (κ3) is 1.37. The molecule has 2 saturated carbocycles. The van der Waals surface area contributed by atoms with Crippen LogP contribution in [0.3, 0.4) is 0 Å². The maximum Gasteiger partial charge on any atom is 0.113 e. The van der Waals surface area contributed by atoms with Crippen molar-refractivity contribution in [1.29, 1.82) is 0 Å². The molecule has 2 N–H and O–H groups in total. The first-order valence-corrected chi connectivity index (χ1v) is 5.08. The van der Waals surface area contributed by atoms with Crippen molar-refractivity contribution in [2.75, 3.05) is 6.54 Å². The third-order valence-electron chi connectivity index (χ3n) is 3.70. The molecule has 1 spiro atoms. The Morgan fingerprint density at radius 1 is 1.42 bits per heavy atom. The molecule has 0 aromatic carbocycles. The molecule has 1 nitrogen and oxygen atoms in total. The highest BCUT2D eigenvalue weighted by atomic mass is 19.1. The topological polar surface area (TPSA) is 26.0 Å². The lowest BCUT2D eigenvalue weighted by molar-refractivity contribution is -0.0354. The van der Waals surface area contributed by atoms with Gasteiger partial charge in [-0.15, -0.1) is 0 Å². The molecular weight excluding hydrogens is 153 g/mol. The zero-order chi connectivity index (χ0) is 8.60. The summed E-state index contributed by atoms with van der Waals surface area (Å²) >= 11 is 0. The van der Waals surface area contributed by atoms with Crippen LogP contribution in [0.5, 0.6) is 0 Å². The minimum Gasteiger partial charge on any atom is -0.328 e. The zero-order valence-electron chi connectivity index (χ0n) is 7.56. The van der Waals surface area contributed by atoms with Crippen molar-refractivity contribution >= 4 is 0 Å². The Kier molecular flexibility index (Phi) is 2.11. The molecule has 0 aliphatic heterocycles. The van der Waals surface area contributed by atoms with Crippen molar-refractivity contribution in [3.8, 4) is 0 Å². The molecule has 70 valence electrons. The summed E-state index contributed by atoms with van der Waals surface area (Å²) in [5, 5.41) is 0. The third-order valence-corrected chi connectivity index (χ3v) is 3.70. The van der Waals surface area contributed by atoms with Crippen LogP contribution in [0.25, 0.3) is 0 Å². The quantitative estimate of drug-likeness (QED) is 0.692. The highest BCUT2D eigenvalue weighted by Crippen LogP contribution is 2.59. The predicted molar refractivity (Wildman–Crippen MR) is 47.6 cm³/mol. The van der Waals surface area contributed by atoms with E-state index in [-0.39, 0.29) is 6.54 Å². The Morgan fingerprint density at radius 2 is 2.08 bits per heavy atom. The van der Waals surface area contributed by atoms with E-state index in [0.717, 1.165) is 6.42 Å². The van der Waals surface area contributed by atoms with Gasteiger partial charge in [-0.25, -0.2) is 4.39 Å². The fraction of sp³-hybridized carbons (Fsp3) is 1.00. The maximum absolute atomic E-state index is 12.9. The van der Waals surface area contributed by atoms with E-state index in [1.54, 1.807) is 0 Å². The number of rotatable bonds is 3. The molecule has 0 amide bonds. The van der Waals surface area contributed by atoms with Gasteiger partial charge in [-0.2, -0.15) is 0 Å². The SMILES string of the molecule is NCC(F)CC1CC2(CCC2)C1. The summed E-state index contributed by atoms with van der Waals surface area (Å²) in [5.41, 5.74) is 5.93. The van der Waals surface area contributed by atoms with Crippen molar-refractivity contribution < 1.29 is 4.39 Å². The molecule has 1 atom stereocenters. The largest absolute Gasteiger partial charge is 0.328 e. The van der Waals surface area contributed by atoms with Gasteiger partial charge in [-0.1, -0.05) is 6.42 Å². The van der Waals surface area contributed by atoms with E-state index >= 15 is 0 Å².